The molecular formula is C13H14Cl2IN3. The lowest BCUT2D eigenvalue weighted by Gasteiger charge is -2.20. The molecule has 1 heterocycles. The van der Waals surface area contributed by atoms with Gasteiger partial charge < -0.3 is 5.32 Å². The van der Waals surface area contributed by atoms with Gasteiger partial charge in [-0.15, -0.1) is 0 Å². The summed E-state index contributed by atoms with van der Waals surface area (Å²) < 4.78 is 2.83. The summed E-state index contributed by atoms with van der Waals surface area (Å²) in [6.45, 7) is 2.89. The van der Waals surface area contributed by atoms with Crippen molar-refractivity contribution in [2.75, 3.05) is 6.54 Å². The molecule has 0 aliphatic carbocycles. The van der Waals surface area contributed by atoms with Crippen LogP contribution in [-0.2, 0) is 7.05 Å². The van der Waals surface area contributed by atoms with Crippen molar-refractivity contribution in [3.63, 3.8) is 0 Å². The zero-order chi connectivity index (χ0) is 14.0. The van der Waals surface area contributed by atoms with Crippen LogP contribution in [0.1, 0.15) is 24.2 Å². The van der Waals surface area contributed by atoms with E-state index < -0.39 is 0 Å². The van der Waals surface area contributed by atoms with E-state index in [-0.39, 0.29) is 6.04 Å². The highest BCUT2D eigenvalue weighted by molar-refractivity contribution is 14.1. The number of halogens is 3. The van der Waals surface area contributed by atoms with Gasteiger partial charge in [0.2, 0.25) is 0 Å². The number of hydrogen-bond acceptors (Lipinski definition) is 2. The Morgan fingerprint density at radius 3 is 2.63 bits per heavy atom. The highest BCUT2D eigenvalue weighted by Crippen LogP contribution is 2.30. The molecule has 0 aliphatic heterocycles. The lowest BCUT2D eigenvalue weighted by atomic mass is 10.0. The maximum absolute atomic E-state index is 6.24. The van der Waals surface area contributed by atoms with Gasteiger partial charge in [0.1, 0.15) is 0 Å². The highest BCUT2D eigenvalue weighted by Gasteiger charge is 2.20. The molecule has 0 spiro atoms. The van der Waals surface area contributed by atoms with Gasteiger partial charge in [0, 0.05) is 10.6 Å². The van der Waals surface area contributed by atoms with Gasteiger partial charge in [-0.1, -0.05) is 36.2 Å². The number of hydrogen-bond donors (Lipinski definition) is 1. The molecule has 0 bridgehead atoms. The first-order valence-corrected chi connectivity index (χ1v) is 7.73. The van der Waals surface area contributed by atoms with Crippen LogP contribution in [0.25, 0.3) is 0 Å². The van der Waals surface area contributed by atoms with Gasteiger partial charge >= 0.3 is 0 Å². The maximum Gasteiger partial charge on any atom is 0.0837 e. The standard InChI is InChI=1S/C13H14Cl2IN3/c1-3-17-12(13-10(15)7-18-19(13)2)8-4-5-11(16)9(14)6-8/h4-7,12,17H,3H2,1-2H3. The average Bonchev–Trinajstić information content (AvgIpc) is 2.70. The maximum atomic E-state index is 6.24. The quantitative estimate of drug-likeness (QED) is 0.772. The summed E-state index contributed by atoms with van der Waals surface area (Å²) in [7, 11) is 1.89. The third kappa shape index (κ3) is 3.24. The van der Waals surface area contributed by atoms with Crippen molar-refractivity contribution < 1.29 is 0 Å². The largest absolute Gasteiger partial charge is 0.305 e. The minimum absolute atomic E-state index is 0.0144. The first-order valence-electron chi connectivity index (χ1n) is 5.90. The molecule has 0 saturated heterocycles. The van der Waals surface area contributed by atoms with Crippen LogP contribution in [0, 0.1) is 3.57 Å². The minimum Gasteiger partial charge on any atom is -0.305 e. The molecule has 1 aromatic heterocycles. The Hall–Kier alpha value is -0.300. The van der Waals surface area contributed by atoms with Crippen molar-refractivity contribution in [3.05, 3.63) is 49.3 Å². The van der Waals surface area contributed by atoms with Gasteiger partial charge in [0.05, 0.1) is 28.0 Å². The fraction of sp³-hybridized carbons (Fsp3) is 0.308. The number of nitrogens with one attached hydrogen (secondary N) is 1. The van der Waals surface area contributed by atoms with Gasteiger partial charge in [-0.3, -0.25) is 4.68 Å². The second-order valence-corrected chi connectivity index (χ2v) is 6.14. The summed E-state index contributed by atoms with van der Waals surface area (Å²) in [6, 6.07) is 6.02. The van der Waals surface area contributed by atoms with E-state index in [4.69, 9.17) is 23.2 Å². The van der Waals surface area contributed by atoms with Crippen LogP contribution >= 0.6 is 45.8 Å². The molecule has 102 valence electrons. The van der Waals surface area contributed by atoms with Crippen LogP contribution in [0.15, 0.2) is 24.4 Å². The summed E-state index contributed by atoms with van der Waals surface area (Å²) in [5.41, 5.74) is 2.03. The second-order valence-electron chi connectivity index (χ2n) is 4.17. The van der Waals surface area contributed by atoms with Crippen LogP contribution in [0.2, 0.25) is 10.0 Å². The average molecular weight is 410 g/mol. The monoisotopic (exact) mass is 409 g/mol. The predicted octanol–water partition coefficient (Wildman–Crippen LogP) is 4.03. The van der Waals surface area contributed by atoms with Crippen molar-refractivity contribution >= 4 is 45.8 Å². The third-order valence-electron chi connectivity index (χ3n) is 2.90. The van der Waals surface area contributed by atoms with Crippen LogP contribution in [0.4, 0.5) is 0 Å². The van der Waals surface area contributed by atoms with Crippen LogP contribution < -0.4 is 5.32 Å². The van der Waals surface area contributed by atoms with Crippen LogP contribution in [0.3, 0.4) is 0 Å². The van der Waals surface area contributed by atoms with E-state index in [9.17, 15) is 0 Å². The molecule has 0 saturated carbocycles. The second kappa shape index (κ2) is 6.43. The van der Waals surface area contributed by atoms with Crippen molar-refractivity contribution in [2.45, 2.75) is 13.0 Å². The first-order chi connectivity index (χ1) is 9.04. The number of benzene rings is 1. The zero-order valence-electron chi connectivity index (χ0n) is 10.6. The van der Waals surface area contributed by atoms with E-state index in [1.807, 2.05) is 19.2 Å². The third-order valence-corrected chi connectivity index (χ3v) is 4.76. The highest BCUT2D eigenvalue weighted by atomic mass is 127. The Kier molecular flexibility index (Phi) is 5.11. The van der Waals surface area contributed by atoms with Gasteiger partial charge in [-0.2, -0.15) is 5.10 Å². The molecule has 19 heavy (non-hydrogen) atoms. The van der Waals surface area contributed by atoms with Crippen molar-refractivity contribution in [2.24, 2.45) is 7.05 Å². The Morgan fingerprint density at radius 2 is 2.11 bits per heavy atom. The molecular weight excluding hydrogens is 396 g/mol. The van der Waals surface area contributed by atoms with Gasteiger partial charge in [0.15, 0.2) is 0 Å². The summed E-state index contributed by atoms with van der Waals surface area (Å²) in [6.07, 6.45) is 1.66. The van der Waals surface area contributed by atoms with E-state index in [1.165, 1.54) is 0 Å². The van der Waals surface area contributed by atoms with E-state index >= 15 is 0 Å². The summed E-state index contributed by atoms with van der Waals surface area (Å²) in [4.78, 5) is 0. The lowest BCUT2D eigenvalue weighted by molar-refractivity contribution is 0.573. The van der Waals surface area contributed by atoms with Gasteiger partial charge in [0.25, 0.3) is 0 Å². The Morgan fingerprint density at radius 1 is 1.37 bits per heavy atom. The fourth-order valence-electron chi connectivity index (χ4n) is 2.01. The van der Waals surface area contributed by atoms with Crippen molar-refractivity contribution in [1.82, 2.24) is 15.1 Å². The molecule has 2 rings (SSSR count). The number of aromatic nitrogens is 2. The Balaban J connectivity index is 2.48. The van der Waals surface area contributed by atoms with Gasteiger partial charge in [-0.25, -0.2) is 0 Å². The molecule has 1 aromatic carbocycles. The summed E-state index contributed by atoms with van der Waals surface area (Å²) in [5.74, 6) is 0. The fourth-order valence-corrected chi connectivity index (χ4v) is 2.81. The Bertz CT molecular complexity index is 564. The Labute approximate surface area is 136 Å². The van der Waals surface area contributed by atoms with Crippen molar-refractivity contribution in [3.8, 4) is 0 Å². The van der Waals surface area contributed by atoms with Crippen LogP contribution in [-0.4, -0.2) is 16.3 Å². The summed E-state index contributed by atoms with van der Waals surface area (Å²) in [5, 5.41) is 9.02. The van der Waals surface area contributed by atoms with E-state index in [2.05, 4.69) is 46.0 Å². The smallest absolute Gasteiger partial charge is 0.0837 e. The molecule has 0 fully saturated rings. The molecule has 1 N–H and O–H groups in total. The van der Waals surface area contributed by atoms with E-state index in [0.717, 1.165) is 26.4 Å². The van der Waals surface area contributed by atoms with E-state index in [0.29, 0.717) is 5.02 Å². The molecule has 3 nitrogen and oxygen atoms in total. The number of rotatable bonds is 4. The number of aryl methyl sites for hydroxylation is 1. The molecule has 0 radical (unpaired) electrons. The topological polar surface area (TPSA) is 29.9 Å². The minimum atomic E-state index is -0.0144. The van der Waals surface area contributed by atoms with Crippen molar-refractivity contribution in [1.29, 1.82) is 0 Å². The SMILES string of the molecule is CCNC(c1ccc(I)c(Cl)c1)c1c(Cl)cnn1C. The first kappa shape index (κ1) is 15.1. The van der Waals surface area contributed by atoms with Crippen LogP contribution in [0.5, 0.6) is 0 Å². The molecule has 6 heteroatoms. The van der Waals surface area contributed by atoms with E-state index in [1.54, 1.807) is 10.9 Å². The molecule has 1 atom stereocenters. The summed E-state index contributed by atoms with van der Waals surface area (Å²) >= 11 is 14.7. The number of nitrogens with zero attached hydrogens (tertiary/aromatic N) is 2. The molecule has 0 amide bonds. The molecule has 2 aromatic rings. The zero-order valence-corrected chi connectivity index (χ0v) is 14.3. The lowest BCUT2D eigenvalue weighted by Crippen LogP contribution is -2.24. The molecule has 0 aliphatic rings. The predicted molar refractivity (Wildman–Crippen MR) is 87.9 cm³/mol. The van der Waals surface area contributed by atoms with Gasteiger partial charge in [-0.05, 0) is 46.8 Å². The molecule has 1 unspecified atom stereocenters. The normalized spacial score (nSPS) is 12.7.